The summed E-state index contributed by atoms with van der Waals surface area (Å²) in [6.45, 7) is 0.310. The van der Waals surface area contributed by atoms with E-state index in [-0.39, 0.29) is 36.9 Å². The molecule has 1 aliphatic rings. The molecule has 5 aromatic rings. The lowest BCUT2D eigenvalue weighted by Crippen LogP contribution is -2.27. The number of unbranched alkanes of at least 4 members (excludes halogenated alkanes) is 3. The van der Waals surface area contributed by atoms with Crippen molar-refractivity contribution in [2.45, 2.75) is 88.6 Å². The summed E-state index contributed by atoms with van der Waals surface area (Å²) in [7, 11) is 0. The van der Waals surface area contributed by atoms with Crippen LogP contribution in [0.3, 0.4) is 0 Å². The summed E-state index contributed by atoms with van der Waals surface area (Å²) < 4.78 is 6.67. The molecule has 0 bridgehead atoms. The number of carbonyl (C=O) groups excluding carboxylic acids is 2. The van der Waals surface area contributed by atoms with Crippen LogP contribution in [-0.2, 0) is 20.9 Å². The van der Waals surface area contributed by atoms with E-state index in [1.807, 2.05) is 66.7 Å². The van der Waals surface area contributed by atoms with Gasteiger partial charge in [0.05, 0.1) is 24.2 Å². The van der Waals surface area contributed by atoms with Crippen molar-refractivity contribution in [3.8, 4) is 0 Å². The number of benzene rings is 3. The van der Waals surface area contributed by atoms with Gasteiger partial charge in [0.25, 0.3) is 0 Å². The number of aromatic nitrogens is 1. The van der Waals surface area contributed by atoms with Crippen LogP contribution in [0.1, 0.15) is 85.8 Å². The third kappa shape index (κ3) is 9.61. The van der Waals surface area contributed by atoms with Gasteiger partial charge in [-0.15, -0.1) is 11.3 Å². The van der Waals surface area contributed by atoms with Crippen LogP contribution in [0.15, 0.2) is 91.3 Å². The van der Waals surface area contributed by atoms with Gasteiger partial charge in [-0.3, -0.25) is 14.6 Å². The second-order valence-electron chi connectivity index (χ2n) is 14.0. The number of hydrogen-bond acceptors (Lipinski definition) is 9. The number of rotatable bonds is 17. The van der Waals surface area contributed by atoms with Crippen LogP contribution in [0, 0.1) is 11.8 Å². The van der Waals surface area contributed by atoms with Crippen LogP contribution in [0.2, 0.25) is 0 Å². The van der Waals surface area contributed by atoms with Crippen molar-refractivity contribution in [3.63, 3.8) is 0 Å². The molecule has 6 N–H and O–H groups in total. The number of carbonyl (C=O) groups is 2. The minimum Gasteiger partial charge on any atom is -0.461 e. The maximum atomic E-state index is 13.1. The van der Waals surface area contributed by atoms with Gasteiger partial charge in [0, 0.05) is 46.0 Å². The molecule has 9 nitrogen and oxygen atoms in total. The van der Waals surface area contributed by atoms with Crippen molar-refractivity contribution in [2.75, 3.05) is 11.9 Å². The van der Waals surface area contributed by atoms with Gasteiger partial charge in [-0.25, -0.2) is 0 Å². The van der Waals surface area contributed by atoms with Crippen LogP contribution in [0.25, 0.3) is 20.9 Å². The lowest BCUT2D eigenvalue weighted by atomic mass is 9.84. The molecule has 2 heterocycles. The van der Waals surface area contributed by atoms with E-state index in [1.54, 1.807) is 23.7 Å². The molecule has 1 saturated carbocycles. The molecule has 2 aromatic heterocycles. The molecule has 274 valence electrons. The molecule has 0 aliphatic heterocycles. The zero-order valence-electron chi connectivity index (χ0n) is 29.4. The predicted molar refractivity (Wildman–Crippen MR) is 206 cm³/mol. The second-order valence-corrected chi connectivity index (χ2v) is 15.2. The van der Waals surface area contributed by atoms with E-state index >= 15 is 0 Å². The van der Waals surface area contributed by atoms with E-state index in [9.17, 15) is 24.9 Å². The van der Waals surface area contributed by atoms with Gasteiger partial charge >= 0.3 is 5.97 Å². The first-order chi connectivity index (χ1) is 25.3. The fourth-order valence-corrected chi connectivity index (χ4v) is 8.60. The highest BCUT2D eigenvalue weighted by molar-refractivity contribution is 7.19. The topological polar surface area (TPSA) is 155 Å². The van der Waals surface area contributed by atoms with E-state index < -0.39 is 24.2 Å². The predicted octanol–water partition coefficient (Wildman–Crippen LogP) is 7.39. The quantitative estimate of drug-likeness (QED) is 0.0492. The molecule has 1 amide bonds. The van der Waals surface area contributed by atoms with Gasteiger partial charge in [0.2, 0.25) is 5.91 Å². The smallest absolute Gasteiger partial charge is 0.306 e. The molecular weight excluding hydrogens is 675 g/mol. The van der Waals surface area contributed by atoms with Crippen molar-refractivity contribution in [1.29, 1.82) is 0 Å². The summed E-state index contributed by atoms with van der Waals surface area (Å²) in [6, 6.07) is 25.1. The van der Waals surface area contributed by atoms with Crippen LogP contribution < -0.4 is 11.1 Å². The number of nitrogens with one attached hydrogen (secondary N) is 1. The average Bonchev–Trinajstić information content (AvgIpc) is 3.71. The normalized spacial score (nSPS) is 19.8. The zero-order valence-corrected chi connectivity index (χ0v) is 30.2. The van der Waals surface area contributed by atoms with Crippen molar-refractivity contribution < 1.29 is 29.6 Å². The Kier molecular flexibility index (Phi) is 13.0. The molecule has 0 saturated heterocycles. The number of nitrogens with zero attached hydrogens (tertiary/aromatic N) is 1. The highest BCUT2D eigenvalue weighted by atomic mass is 32.1. The Labute approximate surface area is 308 Å². The SMILES string of the molecule is NCC(C(=O)Nc1ccc2cnccc2c1)c1ccc(COC(=O)CCCCCCC2[C@@H](CC[C@@H](O)c3cc4ccccc4s3)[C@H](O)C[C@@H]2O)cc1. The largest absolute Gasteiger partial charge is 0.461 e. The Morgan fingerprint density at radius 1 is 0.885 bits per heavy atom. The molecule has 1 aliphatic carbocycles. The maximum absolute atomic E-state index is 13.1. The number of amides is 1. The molecule has 52 heavy (non-hydrogen) atoms. The Morgan fingerprint density at radius 3 is 2.44 bits per heavy atom. The molecular formula is C42H49N3O6S. The lowest BCUT2D eigenvalue weighted by Gasteiger charge is -2.24. The summed E-state index contributed by atoms with van der Waals surface area (Å²) in [5.74, 6) is -0.984. The van der Waals surface area contributed by atoms with E-state index in [0.29, 0.717) is 31.4 Å². The van der Waals surface area contributed by atoms with Crippen LogP contribution in [0.4, 0.5) is 5.69 Å². The lowest BCUT2D eigenvalue weighted by molar-refractivity contribution is -0.145. The molecule has 0 spiro atoms. The van der Waals surface area contributed by atoms with Crippen molar-refractivity contribution in [1.82, 2.24) is 4.98 Å². The number of pyridine rings is 1. The minimum absolute atomic E-state index is 0.0121. The first kappa shape index (κ1) is 37.6. The summed E-state index contributed by atoms with van der Waals surface area (Å²) in [5.41, 5.74) is 8.31. The number of aliphatic hydroxyl groups is 3. The fraction of sp³-hybridized carbons (Fsp3) is 0.405. The fourth-order valence-electron chi connectivity index (χ4n) is 7.51. The average molecular weight is 724 g/mol. The van der Waals surface area contributed by atoms with E-state index in [1.165, 1.54) is 0 Å². The first-order valence-corrected chi connectivity index (χ1v) is 19.2. The molecule has 6 atom stereocenters. The third-order valence-electron chi connectivity index (χ3n) is 10.5. The van der Waals surface area contributed by atoms with Gasteiger partial charge in [0.1, 0.15) is 6.61 Å². The molecule has 6 rings (SSSR count). The number of anilines is 1. The van der Waals surface area contributed by atoms with Gasteiger partial charge in [-0.05, 0) is 96.2 Å². The van der Waals surface area contributed by atoms with Crippen LogP contribution >= 0.6 is 11.3 Å². The molecule has 1 fully saturated rings. The summed E-state index contributed by atoms with van der Waals surface area (Å²) in [5, 5.41) is 38.3. The summed E-state index contributed by atoms with van der Waals surface area (Å²) >= 11 is 1.61. The molecule has 2 unspecified atom stereocenters. The summed E-state index contributed by atoms with van der Waals surface area (Å²) in [4.78, 5) is 30.6. The Morgan fingerprint density at radius 2 is 1.65 bits per heavy atom. The number of thiophene rings is 1. The van der Waals surface area contributed by atoms with Crippen molar-refractivity contribution in [2.24, 2.45) is 17.6 Å². The highest BCUT2D eigenvalue weighted by Gasteiger charge is 2.41. The monoisotopic (exact) mass is 723 g/mol. The number of aliphatic hydroxyl groups excluding tert-OH is 3. The molecule has 10 heteroatoms. The standard InChI is InChI=1S/C42H49N3O6S/c43-24-35(42(50)45-32-16-15-31-25-44-20-19-29(31)21-32)28-13-11-27(12-14-28)26-51-41(49)10-4-2-1-3-8-33-34(38(48)23-37(33)47)17-18-36(46)40-22-30-7-5-6-9-39(30)52-40/h5-7,9,11-16,19-22,25,33-38,46-48H,1-4,8,10,17-18,23-24,26,43H2,(H,45,50)/t33?,34-,35?,36-,37+,38-/m1/s1. The Bertz CT molecular complexity index is 1900. The van der Waals surface area contributed by atoms with Gasteiger partial charge in [-0.1, -0.05) is 67.8 Å². The number of esters is 1. The Balaban J connectivity index is 0.872. The minimum atomic E-state index is -0.579. The number of ether oxygens (including phenoxy) is 1. The molecule has 3 aromatic carbocycles. The summed E-state index contributed by atoms with van der Waals surface area (Å²) in [6.07, 6.45) is 8.03. The van der Waals surface area contributed by atoms with E-state index in [2.05, 4.69) is 22.4 Å². The maximum Gasteiger partial charge on any atom is 0.306 e. The number of hydrogen-bond donors (Lipinski definition) is 5. The van der Waals surface area contributed by atoms with Gasteiger partial charge in [-0.2, -0.15) is 0 Å². The van der Waals surface area contributed by atoms with E-state index in [4.69, 9.17) is 10.5 Å². The van der Waals surface area contributed by atoms with Crippen molar-refractivity contribution in [3.05, 3.63) is 107 Å². The van der Waals surface area contributed by atoms with Crippen LogP contribution in [0.5, 0.6) is 0 Å². The van der Waals surface area contributed by atoms with Gasteiger partial charge in [0.15, 0.2) is 0 Å². The third-order valence-corrected chi connectivity index (χ3v) is 11.7. The van der Waals surface area contributed by atoms with Gasteiger partial charge < -0.3 is 31.1 Å². The van der Waals surface area contributed by atoms with E-state index in [0.717, 1.165) is 69.0 Å². The number of fused-ring (bicyclic) bond motifs is 2. The second kappa shape index (κ2) is 18.0. The zero-order chi connectivity index (χ0) is 36.5. The first-order valence-electron chi connectivity index (χ1n) is 18.4. The van der Waals surface area contributed by atoms with Crippen molar-refractivity contribution >= 4 is 49.8 Å². The highest BCUT2D eigenvalue weighted by Crippen LogP contribution is 2.41. The molecule has 0 radical (unpaired) electrons. The number of nitrogens with two attached hydrogens (primary N) is 1. The van der Waals surface area contributed by atoms with Crippen LogP contribution in [-0.4, -0.2) is 50.9 Å². The Hall–Kier alpha value is -4.19.